The smallest absolute Gasteiger partial charge is 0.0346 e. The van der Waals surface area contributed by atoms with E-state index in [0.29, 0.717) is 0 Å². The molecule has 2 rings (SSSR count). The molecule has 1 heterocycles. The summed E-state index contributed by atoms with van der Waals surface area (Å²) in [6.07, 6.45) is 1.05. The minimum atomic E-state index is 0.839. The van der Waals surface area contributed by atoms with Crippen LogP contribution in [0.5, 0.6) is 0 Å². The first-order chi connectivity index (χ1) is 6.81. The SMILES string of the molecule is CCc1ccc(N)cc1-c1cccs1. The number of thiophene rings is 1. The second-order valence-electron chi connectivity index (χ2n) is 3.25. The number of nitrogen functional groups attached to an aromatic ring is 1. The molecule has 0 unspecified atom stereocenters. The lowest BCUT2D eigenvalue weighted by Gasteiger charge is -2.06. The molecule has 72 valence electrons. The largest absolute Gasteiger partial charge is 0.399 e. The van der Waals surface area contributed by atoms with E-state index in [0.717, 1.165) is 12.1 Å². The van der Waals surface area contributed by atoms with Gasteiger partial charge in [0, 0.05) is 10.6 Å². The first-order valence-corrected chi connectivity index (χ1v) is 5.61. The van der Waals surface area contributed by atoms with Gasteiger partial charge in [0.25, 0.3) is 0 Å². The van der Waals surface area contributed by atoms with Crippen LogP contribution in [0, 0.1) is 0 Å². The highest BCUT2D eigenvalue weighted by atomic mass is 32.1. The van der Waals surface area contributed by atoms with Gasteiger partial charge in [-0.15, -0.1) is 11.3 Å². The summed E-state index contributed by atoms with van der Waals surface area (Å²) in [5.41, 5.74) is 9.27. The Hall–Kier alpha value is -1.28. The van der Waals surface area contributed by atoms with E-state index in [1.807, 2.05) is 6.07 Å². The van der Waals surface area contributed by atoms with E-state index < -0.39 is 0 Å². The number of nitrogens with two attached hydrogens (primary N) is 1. The van der Waals surface area contributed by atoms with Crippen LogP contribution in [0.3, 0.4) is 0 Å². The standard InChI is InChI=1S/C12H13NS/c1-2-9-5-6-10(13)8-11(9)12-4-3-7-14-12/h3-8H,2,13H2,1H3. The van der Waals surface area contributed by atoms with E-state index >= 15 is 0 Å². The van der Waals surface area contributed by atoms with Gasteiger partial charge in [0.05, 0.1) is 0 Å². The van der Waals surface area contributed by atoms with Gasteiger partial charge in [-0.3, -0.25) is 0 Å². The lowest BCUT2D eigenvalue weighted by atomic mass is 10.0. The van der Waals surface area contributed by atoms with E-state index in [2.05, 4.69) is 36.6 Å². The van der Waals surface area contributed by atoms with Crippen molar-refractivity contribution in [3.05, 3.63) is 41.3 Å². The summed E-state index contributed by atoms with van der Waals surface area (Å²) in [5, 5.41) is 2.10. The van der Waals surface area contributed by atoms with Crippen LogP contribution in [0.1, 0.15) is 12.5 Å². The molecule has 0 spiro atoms. The van der Waals surface area contributed by atoms with Crippen molar-refractivity contribution in [2.45, 2.75) is 13.3 Å². The third-order valence-electron chi connectivity index (χ3n) is 2.30. The fourth-order valence-electron chi connectivity index (χ4n) is 1.56. The predicted molar refractivity (Wildman–Crippen MR) is 63.5 cm³/mol. The minimum Gasteiger partial charge on any atom is -0.399 e. The van der Waals surface area contributed by atoms with E-state index in [9.17, 15) is 0 Å². The van der Waals surface area contributed by atoms with Crippen molar-refractivity contribution >= 4 is 17.0 Å². The quantitative estimate of drug-likeness (QED) is 0.742. The maximum Gasteiger partial charge on any atom is 0.0346 e. The molecule has 1 nitrogen and oxygen atoms in total. The van der Waals surface area contributed by atoms with Gasteiger partial charge in [0.2, 0.25) is 0 Å². The van der Waals surface area contributed by atoms with Crippen LogP contribution in [0.25, 0.3) is 10.4 Å². The summed E-state index contributed by atoms with van der Waals surface area (Å²) < 4.78 is 0. The minimum absolute atomic E-state index is 0.839. The molecule has 0 saturated heterocycles. The van der Waals surface area contributed by atoms with Gasteiger partial charge in [-0.1, -0.05) is 19.1 Å². The van der Waals surface area contributed by atoms with Crippen molar-refractivity contribution in [2.75, 3.05) is 5.73 Å². The van der Waals surface area contributed by atoms with Crippen LogP contribution in [-0.4, -0.2) is 0 Å². The molecule has 1 aromatic carbocycles. The third-order valence-corrected chi connectivity index (χ3v) is 3.20. The van der Waals surface area contributed by atoms with Crippen LogP contribution in [-0.2, 0) is 6.42 Å². The molecule has 2 aromatic rings. The lowest BCUT2D eigenvalue weighted by molar-refractivity contribution is 1.15. The molecule has 0 atom stereocenters. The Kier molecular flexibility index (Phi) is 2.55. The number of benzene rings is 1. The van der Waals surface area contributed by atoms with Gasteiger partial charge in [-0.2, -0.15) is 0 Å². The Labute approximate surface area is 88.2 Å². The van der Waals surface area contributed by atoms with E-state index in [1.54, 1.807) is 11.3 Å². The maximum atomic E-state index is 5.79. The van der Waals surface area contributed by atoms with Gasteiger partial charge < -0.3 is 5.73 Å². The van der Waals surface area contributed by atoms with Gasteiger partial charge >= 0.3 is 0 Å². The molecule has 0 amide bonds. The van der Waals surface area contributed by atoms with E-state index in [4.69, 9.17) is 5.73 Å². The van der Waals surface area contributed by atoms with E-state index in [-0.39, 0.29) is 0 Å². The normalized spacial score (nSPS) is 10.4. The molecule has 0 aliphatic heterocycles. The molecule has 0 radical (unpaired) electrons. The van der Waals surface area contributed by atoms with Crippen molar-refractivity contribution in [3.63, 3.8) is 0 Å². The van der Waals surface area contributed by atoms with Crippen LogP contribution < -0.4 is 5.73 Å². The topological polar surface area (TPSA) is 26.0 Å². The van der Waals surface area contributed by atoms with Gasteiger partial charge in [-0.25, -0.2) is 0 Å². The number of rotatable bonds is 2. The molecule has 0 aliphatic carbocycles. The average Bonchev–Trinajstić information content (AvgIpc) is 2.70. The van der Waals surface area contributed by atoms with Crippen LogP contribution in [0.4, 0.5) is 5.69 Å². The summed E-state index contributed by atoms with van der Waals surface area (Å²) >= 11 is 1.76. The fraction of sp³-hybridized carbons (Fsp3) is 0.167. The Bertz CT molecular complexity index is 418. The molecular formula is C12H13NS. The van der Waals surface area contributed by atoms with E-state index in [1.165, 1.54) is 16.0 Å². The molecule has 1 aromatic heterocycles. The third kappa shape index (κ3) is 1.66. The van der Waals surface area contributed by atoms with Gasteiger partial charge in [0.1, 0.15) is 0 Å². The maximum absolute atomic E-state index is 5.79. The van der Waals surface area contributed by atoms with Crippen molar-refractivity contribution in [3.8, 4) is 10.4 Å². The summed E-state index contributed by atoms with van der Waals surface area (Å²) in [7, 11) is 0. The van der Waals surface area contributed by atoms with Crippen molar-refractivity contribution in [2.24, 2.45) is 0 Å². The number of hydrogen-bond acceptors (Lipinski definition) is 2. The summed E-state index contributed by atoms with van der Waals surface area (Å²) in [4.78, 5) is 1.30. The lowest BCUT2D eigenvalue weighted by Crippen LogP contribution is -1.90. The molecule has 0 bridgehead atoms. The van der Waals surface area contributed by atoms with Crippen LogP contribution in [0.15, 0.2) is 35.7 Å². The summed E-state index contributed by atoms with van der Waals surface area (Å²) in [6, 6.07) is 10.4. The highest BCUT2D eigenvalue weighted by Gasteiger charge is 2.04. The summed E-state index contributed by atoms with van der Waals surface area (Å²) in [6.45, 7) is 2.17. The monoisotopic (exact) mass is 203 g/mol. The highest BCUT2D eigenvalue weighted by Crippen LogP contribution is 2.29. The number of aryl methyl sites for hydroxylation is 1. The second-order valence-corrected chi connectivity index (χ2v) is 4.20. The molecular weight excluding hydrogens is 190 g/mol. The second kappa shape index (κ2) is 3.84. The zero-order chi connectivity index (χ0) is 9.97. The first-order valence-electron chi connectivity index (χ1n) is 4.73. The zero-order valence-corrected chi connectivity index (χ0v) is 8.97. The Morgan fingerprint density at radius 1 is 1.29 bits per heavy atom. The first kappa shape index (κ1) is 9.28. The molecule has 0 saturated carbocycles. The Balaban J connectivity index is 2.55. The van der Waals surface area contributed by atoms with Crippen molar-refractivity contribution in [1.82, 2.24) is 0 Å². The number of hydrogen-bond donors (Lipinski definition) is 1. The molecule has 2 N–H and O–H groups in total. The van der Waals surface area contributed by atoms with Gasteiger partial charge in [0.15, 0.2) is 0 Å². The fourth-order valence-corrected chi connectivity index (χ4v) is 2.34. The van der Waals surface area contributed by atoms with Crippen molar-refractivity contribution in [1.29, 1.82) is 0 Å². The van der Waals surface area contributed by atoms with Crippen LogP contribution >= 0.6 is 11.3 Å². The molecule has 14 heavy (non-hydrogen) atoms. The van der Waals surface area contributed by atoms with Gasteiger partial charge in [-0.05, 0) is 41.1 Å². The van der Waals surface area contributed by atoms with Crippen molar-refractivity contribution < 1.29 is 0 Å². The zero-order valence-electron chi connectivity index (χ0n) is 8.16. The molecule has 2 heteroatoms. The highest BCUT2D eigenvalue weighted by molar-refractivity contribution is 7.13. The number of anilines is 1. The predicted octanol–water partition coefficient (Wildman–Crippen LogP) is 3.56. The summed E-state index contributed by atoms with van der Waals surface area (Å²) in [5.74, 6) is 0. The van der Waals surface area contributed by atoms with Crippen LogP contribution in [0.2, 0.25) is 0 Å². The average molecular weight is 203 g/mol. The molecule has 0 aliphatic rings. The Morgan fingerprint density at radius 3 is 2.79 bits per heavy atom. The Morgan fingerprint density at radius 2 is 2.14 bits per heavy atom. The molecule has 0 fully saturated rings.